The molecule has 9 heteroatoms. The molecular weight excluding hydrogens is 378 g/mol. The van der Waals surface area contributed by atoms with Gasteiger partial charge in [0.1, 0.15) is 5.60 Å². The number of aliphatic hydroxyl groups is 2. The Hall–Kier alpha value is -2.10. The Morgan fingerprint density at radius 3 is 1.74 bits per heavy atom. The molecule has 3 nitrogen and oxygen atoms in total. The molecule has 0 aromatic heterocycles. The van der Waals surface area contributed by atoms with Gasteiger partial charge in [-0.25, -0.2) is 0 Å². The Labute approximate surface area is 150 Å². The average molecular weight is 394 g/mol. The van der Waals surface area contributed by atoms with Crippen LogP contribution >= 0.6 is 0 Å². The summed E-state index contributed by atoms with van der Waals surface area (Å²) in [7, 11) is 0. The van der Waals surface area contributed by atoms with E-state index in [9.17, 15) is 36.6 Å². The van der Waals surface area contributed by atoms with Crippen LogP contribution in [0.3, 0.4) is 0 Å². The van der Waals surface area contributed by atoms with Crippen molar-refractivity contribution in [2.75, 3.05) is 13.2 Å². The van der Waals surface area contributed by atoms with Crippen LogP contribution in [0.5, 0.6) is 0 Å². The van der Waals surface area contributed by atoms with E-state index in [1.54, 1.807) is 18.2 Å². The first-order valence-corrected chi connectivity index (χ1v) is 7.70. The highest BCUT2D eigenvalue weighted by Gasteiger charge is 2.37. The first-order chi connectivity index (χ1) is 12.5. The molecule has 0 aliphatic rings. The molecule has 0 heterocycles. The Morgan fingerprint density at radius 1 is 0.778 bits per heavy atom. The number of alkyl halides is 6. The highest BCUT2D eigenvalue weighted by Crippen LogP contribution is 2.36. The van der Waals surface area contributed by atoms with E-state index in [1.165, 1.54) is 12.1 Å². The Morgan fingerprint density at radius 2 is 1.30 bits per heavy atom. The van der Waals surface area contributed by atoms with E-state index in [1.807, 2.05) is 0 Å². The second-order valence-corrected chi connectivity index (χ2v) is 5.96. The van der Waals surface area contributed by atoms with Crippen LogP contribution in [0.2, 0.25) is 0 Å². The molecular formula is C18H16F6O3. The maximum atomic E-state index is 12.8. The summed E-state index contributed by atoms with van der Waals surface area (Å²) in [6, 6.07) is 9.00. The number of rotatable bonds is 6. The molecule has 27 heavy (non-hydrogen) atoms. The third-order valence-corrected chi connectivity index (χ3v) is 3.83. The quantitative estimate of drug-likeness (QED) is 0.725. The SMILES string of the molecule is OCC(O)(COCc1cc(C(F)(F)F)cc(C(F)(F)F)c1)c1ccccc1. The molecule has 0 aliphatic carbocycles. The van der Waals surface area contributed by atoms with E-state index < -0.39 is 48.9 Å². The number of ether oxygens (including phenoxy) is 1. The molecule has 148 valence electrons. The van der Waals surface area contributed by atoms with E-state index in [2.05, 4.69) is 0 Å². The highest BCUT2D eigenvalue weighted by atomic mass is 19.4. The first kappa shape index (κ1) is 21.2. The van der Waals surface area contributed by atoms with Gasteiger partial charge in [-0.3, -0.25) is 0 Å². The molecule has 0 saturated carbocycles. The number of halogens is 6. The summed E-state index contributed by atoms with van der Waals surface area (Å²) in [6.45, 7) is -1.87. The molecule has 1 atom stereocenters. The van der Waals surface area contributed by atoms with Crippen LogP contribution in [-0.4, -0.2) is 23.4 Å². The number of hydrogen-bond acceptors (Lipinski definition) is 3. The van der Waals surface area contributed by atoms with E-state index in [0.29, 0.717) is 17.7 Å². The van der Waals surface area contributed by atoms with Crippen LogP contribution in [0, 0.1) is 0 Å². The predicted molar refractivity (Wildman–Crippen MR) is 83.5 cm³/mol. The lowest BCUT2D eigenvalue weighted by molar-refractivity contribution is -0.143. The van der Waals surface area contributed by atoms with Crippen LogP contribution in [0.25, 0.3) is 0 Å². The van der Waals surface area contributed by atoms with Crippen LogP contribution < -0.4 is 0 Å². The molecule has 2 N–H and O–H groups in total. The summed E-state index contributed by atoms with van der Waals surface area (Å²) < 4.78 is 82.2. The van der Waals surface area contributed by atoms with Crippen molar-refractivity contribution in [1.82, 2.24) is 0 Å². The molecule has 0 aliphatic heterocycles. The Kier molecular flexibility index (Phi) is 6.18. The highest BCUT2D eigenvalue weighted by molar-refractivity contribution is 5.33. The fourth-order valence-electron chi connectivity index (χ4n) is 2.41. The number of benzene rings is 2. The summed E-state index contributed by atoms with van der Waals surface area (Å²) >= 11 is 0. The van der Waals surface area contributed by atoms with Crippen molar-refractivity contribution < 1.29 is 41.3 Å². The van der Waals surface area contributed by atoms with Gasteiger partial charge >= 0.3 is 12.4 Å². The van der Waals surface area contributed by atoms with Crippen LogP contribution in [0.4, 0.5) is 26.3 Å². The second-order valence-electron chi connectivity index (χ2n) is 5.96. The topological polar surface area (TPSA) is 49.7 Å². The largest absolute Gasteiger partial charge is 0.416 e. The minimum Gasteiger partial charge on any atom is -0.393 e. The van der Waals surface area contributed by atoms with Gasteiger partial charge in [-0.2, -0.15) is 26.3 Å². The van der Waals surface area contributed by atoms with Gasteiger partial charge in [-0.1, -0.05) is 30.3 Å². The van der Waals surface area contributed by atoms with Crippen LogP contribution in [0.15, 0.2) is 48.5 Å². The summed E-state index contributed by atoms with van der Waals surface area (Å²) in [5, 5.41) is 19.8. The summed E-state index contributed by atoms with van der Waals surface area (Å²) in [6.07, 6.45) is -9.90. The molecule has 2 aromatic rings. The van der Waals surface area contributed by atoms with E-state index in [0.717, 1.165) is 0 Å². The molecule has 0 bridgehead atoms. The van der Waals surface area contributed by atoms with Crippen molar-refractivity contribution in [3.8, 4) is 0 Å². The molecule has 0 spiro atoms. The zero-order valence-corrected chi connectivity index (χ0v) is 13.8. The molecule has 0 fully saturated rings. The van der Waals surface area contributed by atoms with E-state index >= 15 is 0 Å². The van der Waals surface area contributed by atoms with Gasteiger partial charge in [-0.15, -0.1) is 0 Å². The maximum absolute atomic E-state index is 12.8. The molecule has 2 aromatic carbocycles. The molecule has 0 saturated heterocycles. The second kappa shape index (κ2) is 7.87. The zero-order chi connectivity index (χ0) is 20.3. The van der Waals surface area contributed by atoms with Crippen molar-refractivity contribution in [2.45, 2.75) is 24.6 Å². The number of aliphatic hydroxyl groups excluding tert-OH is 1. The van der Waals surface area contributed by atoms with E-state index in [-0.39, 0.29) is 11.6 Å². The van der Waals surface area contributed by atoms with Gasteiger partial charge < -0.3 is 14.9 Å². The monoisotopic (exact) mass is 394 g/mol. The molecule has 2 rings (SSSR count). The van der Waals surface area contributed by atoms with Crippen molar-refractivity contribution in [2.24, 2.45) is 0 Å². The van der Waals surface area contributed by atoms with Crippen molar-refractivity contribution in [3.63, 3.8) is 0 Å². The predicted octanol–water partition coefficient (Wildman–Crippen LogP) is 4.12. The Balaban J connectivity index is 2.19. The third kappa shape index (κ3) is 5.44. The maximum Gasteiger partial charge on any atom is 0.416 e. The summed E-state index contributed by atoms with van der Waals surface area (Å²) in [4.78, 5) is 0. The van der Waals surface area contributed by atoms with Gasteiger partial charge in [0, 0.05) is 0 Å². The van der Waals surface area contributed by atoms with E-state index in [4.69, 9.17) is 4.74 Å². The first-order valence-electron chi connectivity index (χ1n) is 7.70. The smallest absolute Gasteiger partial charge is 0.393 e. The fraction of sp³-hybridized carbons (Fsp3) is 0.333. The standard InChI is InChI=1S/C18H16F6O3/c19-17(20,21)14-6-12(7-15(8-14)18(22,23)24)9-27-11-16(26,10-25)13-4-2-1-3-5-13/h1-8,25-26H,9-11H2. The fourth-order valence-corrected chi connectivity index (χ4v) is 2.41. The lowest BCUT2D eigenvalue weighted by Gasteiger charge is -2.26. The zero-order valence-electron chi connectivity index (χ0n) is 13.8. The van der Waals surface area contributed by atoms with Gasteiger partial charge in [0.25, 0.3) is 0 Å². The molecule has 0 amide bonds. The van der Waals surface area contributed by atoms with Crippen LogP contribution in [0.1, 0.15) is 22.3 Å². The number of hydrogen-bond donors (Lipinski definition) is 2. The summed E-state index contributed by atoms with van der Waals surface area (Å²) in [5.41, 5.74) is -4.79. The van der Waals surface area contributed by atoms with Gasteiger partial charge in [0.05, 0.1) is 30.9 Å². The minimum absolute atomic E-state index is 0.0253. The lowest BCUT2D eigenvalue weighted by atomic mass is 9.96. The summed E-state index contributed by atoms with van der Waals surface area (Å²) in [5.74, 6) is 0. The van der Waals surface area contributed by atoms with Gasteiger partial charge in [-0.05, 0) is 29.3 Å². The minimum atomic E-state index is -4.95. The van der Waals surface area contributed by atoms with Crippen molar-refractivity contribution in [1.29, 1.82) is 0 Å². The normalized spacial score (nSPS) is 14.8. The third-order valence-electron chi connectivity index (χ3n) is 3.83. The lowest BCUT2D eigenvalue weighted by Crippen LogP contribution is -2.35. The van der Waals surface area contributed by atoms with Crippen LogP contribution in [-0.2, 0) is 29.3 Å². The average Bonchev–Trinajstić information content (AvgIpc) is 2.60. The van der Waals surface area contributed by atoms with Gasteiger partial charge in [0.15, 0.2) is 0 Å². The Bertz CT molecular complexity index is 726. The van der Waals surface area contributed by atoms with Crippen molar-refractivity contribution in [3.05, 3.63) is 70.8 Å². The molecule has 1 unspecified atom stereocenters. The van der Waals surface area contributed by atoms with Crippen molar-refractivity contribution >= 4 is 0 Å². The molecule has 0 radical (unpaired) electrons. The van der Waals surface area contributed by atoms with Gasteiger partial charge in [0.2, 0.25) is 0 Å².